The molecule has 0 bridgehead atoms. The van der Waals surface area contributed by atoms with Crippen molar-refractivity contribution in [2.45, 2.75) is 26.2 Å². The van der Waals surface area contributed by atoms with Gasteiger partial charge in [-0.3, -0.25) is 0 Å². The largest absolute Gasteiger partial charge is 0.246 e. The van der Waals surface area contributed by atoms with Crippen molar-refractivity contribution in [3.05, 3.63) is 103 Å². The van der Waals surface area contributed by atoms with Crippen molar-refractivity contribution in [1.29, 1.82) is 0 Å². The molecule has 0 aliphatic heterocycles. The normalized spacial score (nSPS) is 12.1. The Hall–Kier alpha value is -4.77. The van der Waals surface area contributed by atoms with Crippen LogP contribution in [0.1, 0.15) is 26.3 Å². The summed E-state index contributed by atoms with van der Waals surface area (Å²) in [4.78, 5) is 24.6. The highest BCUT2D eigenvalue weighted by atomic mass is 14.8. The molecule has 7 rings (SSSR count). The van der Waals surface area contributed by atoms with E-state index in [9.17, 15) is 0 Å². The van der Waals surface area contributed by atoms with E-state index in [4.69, 9.17) is 24.9 Å². The summed E-state index contributed by atoms with van der Waals surface area (Å²) in [5.74, 6) is 0. The van der Waals surface area contributed by atoms with E-state index in [1.807, 2.05) is 60.7 Å². The van der Waals surface area contributed by atoms with Crippen LogP contribution in [0.15, 0.2) is 97.1 Å². The Morgan fingerprint density at radius 2 is 0.868 bits per heavy atom. The lowest BCUT2D eigenvalue weighted by molar-refractivity contribution is 0.590. The van der Waals surface area contributed by atoms with Gasteiger partial charge in [0.15, 0.2) is 0 Å². The zero-order valence-corrected chi connectivity index (χ0v) is 21.5. The Morgan fingerprint density at radius 1 is 0.395 bits per heavy atom. The maximum Gasteiger partial charge on any atom is 0.0901 e. The second-order valence-corrected chi connectivity index (χ2v) is 10.7. The highest BCUT2D eigenvalue weighted by Crippen LogP contribution is 2.31. The summed E-state index contributed by atoms with van der Waals surface area (Å²) in [6.45, 7) is 6.64. The standard InChI is InChI=1S/C33H25N5/c1-33(2,3)22-18-31(27-14-12-25-29(36-27)16-20-8-4-6-10-23(20)34-25)38-32(19-22)28-15-13-26-30(37-28)17-21-9-5-7-11-24(21)35-26/h4-19H,1-3H3. The molecule has 0 aliphatic carbocycles. The summed E-state index contributed by atoms with van der Waals surface area (Å²) in [6, 6.07) is 32.8. The van der Waals surface area contributed by atoms with Crippen LogP contribution < -0.4 is 0 Å². The SMILES string of the molecule is CC(C)(C)c1cc(-c2ccc3nc4ccccc4cc3n2)nc(-c2ccc3nc4ccccc4cc3n2)c1. The molecule has 0 radical (unpaired) electrons. The number of nitrogens with zero attached hydrogens (tertiary/aromatic N) is 5. The van der Waals surface area contributed by atoms with Gasteiger partial charge in [-0.25, -0.2) is 24.9 Å². The average Bonchev–Trinajstić information content (AvgIpc) is 2.93. The fraction of sp³-hybridized carbons (Fsp3) is 0.121. The predicted octanol–water partition coefficient (Wildman–Crippen LogP) is 7.91. The van der Waals surface area contributed by atoms with E-state index in [-0.39, 0.29) is 5.41 Å². The van der Waals surface area contributed by atoms with Gasteiger partial charge in [0, 0.05) is 10.8 Å². The van der Waals surface area contributed by atoms with Gasteiger partial charge in [0.1, 0.15) is 0 Å². The van der Waals surface area contributed by atoms with Crippen molar-refractivity contribution in [2.24, 2.45) is 0 Å². The molecule has 0 amide bonds. The van der Waals surface area contributed by atoms with Crippen molar-refractivity contribution in [3.8, 4) is 22.8 Å². The average molecular weight is 492 g/mol. The summed E-state index contributed by atoms with van der Waals surface area (Å²) >= 11 is 0. The van der Waals surface area contributed by atoms with Gasteiger partial charge in [-0.1, -0.05) is 57.2 Å². The van der Waals surface area contributed by atoms with Crippen LogP contribution in [0.2, 0.25) is 0 Å². The minimum atomic E-state index is -0.0738. The number of pyridine rings is 5. The molecule has 2 aromatic carbocycles. The number of rotatable bonds is 2. The molecule has 0 aliphatic rings. The van der Waals surface area contributed by atoms with Crippen LogP contribution in [0.4, 0.5) is 0 Å². The minimum Gasteiger partial charge on any atom is -0.246 e. The molecule has 0 unspecified atom stereocenters. The van der Waals surface area contributed by atoms with Gasteiger partial charge >= 0.3 is 0 Å². The molecule has 38 heavy (non-hydrogen) atoms. The first-order chi connectivity index (χ1) is 18.4. The third-order valence-corrected chi connectivity index (χ3v) is 6.96. The first-order valence-electron chi connectivity index (χ1n) is 12.8. The van der Waals surface area contributed by atoms with Gasteiger partial charge in [-0.2, -0.15) is 0 Å². The summed E-state index contributed by atoms with van der Waals surface area (Å²) in [7, 11) is 0. The van der Waals surface area contributed by atoms with Gasteiger partial charge in [0.2, 0.25) is 0 Å². The molecule has 0 spiro atoms. The van der Waals surface area contributed by atoms with Crippen molar-refractivity contribution < 1.29 is 0 Å². The zero-order valence-electron chi connectivity index (χ0n) is 21.5. The number of fused-ring (bicyclic) bond motifs is 4. The second kappa shape index (κ2) is 8.38. The molecule has 5 aromatic heterocycles. The second-order valence-electron chi connectivity index (χ2n) is 10.7. The Morgan fingerprint density at radius 3 is 1.34 bits per heavy atom. The number of para-hydroxylation sites is 2. The minimum absolute atomic E-state index is 0.0738. The Balaban J connectivity index is 1.39. The first-order valence-corrected chi connectivity index (χ1v) is 12.8. The highest BCUT2D eigenvalue weighted by Gasteiger charge is 2.19. The number of aromatic nitrogens is 5. The van der Waals surface area contributed by atoms with E-state index >= 15 is 0 Å². The quantitative estimate of drug-likeness (QED) is 0.230. The lowest BCUT2D eigenvalue weighted by Crippen LogP contribution is -2.12. The molecular formula is C33H25N5. The van der Waals surface area contributed by atoms with E-state index < -0.39 is 0 Å². The third-order valence-electron chi connectivity index (χ3n) is 6.96. The third kappa shape index (κ3) is 3.93. The monoisotopic (exact) mass is 491 g/mol. The molecule has 0 N–H and O–H groups in total. The van der Waals surface area contributed by atoms with Gasteiger partial charge in [0.05, 0.1) is 55.9 Å². The summed E-state index contributed by atoms with van der Waals surface area (Å²) in [5, 5.41) is 2.14. The summed E-state index contributed by atoms with van der Waals surface area (Å²) < 4.78 is 0. The number of hydrogen-bond donors (Lipinski definition) is 0. The van der Waals surface area contributed by atoms with Crippen LogP contribution in [-0.4, -0.2) is 24.9 Å². The highest BCUT2D eigenvalue weighted by molar-refractivity contribution is 5.92. The van der Waals surface area contributed by atoms with E-state index in [1.165, 1.54) is 5.56 Å². The molecule has 5 heteroatoms. The lowest BCUT2D eigenvalue weighted by atomic mass is 9.86. The van der Waals surface area contributed by atoms with Crippen molar-refractivity contribution >= 4 is 43.9 Å². The predicted molar refractivity (Wildman–Crippen MR) is 155 cm³/mol. The van der Waals surface area contributed by atoms with Gasteiger partial charge in [0.25, 0.3) is 0 Å². The first kappa shape index (κ1) is 22.4. The molecule has 182 valence electrons. The molecule has 0 fully saturated rings. The van der Waals surface area contributed by atoms with Gasteiger partial charge in [-0.15, -0.1) is 0 Å². The van der Waals surface area contributed by atoms with E-state index in [0.29, 0.717) is 0 Å². The van der Waals surface area contributed by atoms with Crippen molar-refractivity contribution in [2.75, 3.05) is 0 Å². The fourth-order valence-electron chi connectivity index (χ4n) is 4.82. The maximum absolute atomic E-state index is 5.06. The van der Waals surface area contributed by atoms with E-state index in [1.54, 1.807) is 0 Å². The molecule has 5 heterocycles. The van der Waals surface area contributed by atoms with E-state index in [0.717, 1.165) is 66.6 Å². The molecule has 7 aromatic rings. The molecular weight excluding hydrogens is 466 g/mol. The molecule has 5 nitrogen and oxygen atoms in total. The zero-order chi connectivity index (χ0) is 25.9. The lowest BCUT2D eigenvalue weighted by Gasteiger charge is -2.21. The van der Waals surface area contributed by atoms with Gasteiger partial charge < -0.3 is 0 Å². The van der Waals surface area contributed by atoms with Crippen LogP contribution in [0.3, 0.4) is 0 Å². The Labute approximate surface area is 220 Å². The van der Waals surface area contributed by atoms with Crippen LogP contribution in [0, 0.1) is 0 Å². The van der Waals surface area contributed by atoms with Crippen LogP contribution in [0.5, 0.6) is 0 Å². The van der Waals surface area contributed by atoms with Crippen LogP contribution >= 0.6 is 0 Å². The van der Waals surface area contributed by atoms with E-state index in [2.05, 4.69) is 57.2 Å². The summed E-state index contributed by atoms with van der Waals surface area (Å²) in [5.41, 5.74) is 9.76. The number of hydrogen-bond acceptors (Lipinski definition) is 5. The van der Waals surface area contributed by atoms with Gasteiger partial charge in [-0.05, 0) is 71.6 Å². The Bertz CT molecular complexity index is 1880. The van der Waals surface area contributed by atoms with Crippen LogP contribution in [-0.2, 0) is 5.41 Å². The Kier molecular flexibility index (Phi) is 4.95. The smallest absolute Gasteiger partial charge is 0.0901 e. The molecule has 0 saturated heterocycles. The van der Waals surface area contributed by atoms with Crippen molar-refractivity contribution in [3.63, 3.8) is 0 Å². The topological polar surface area (TPSA) is 64.5 Å². The van der Waals surface area contributed by atoms with Crippen LogP contribution in [0.25, 0.3) is 66.6 Å². The maximum atomic E-state index is 5.06. The molecule has 0 atom stereocenters. The molecule has 0 saturated carbocycles. The van der Waals surface area contributed by atoms with Crippen molar-refractivity contribution in [1.82, 2.24) is 24.9 Å². The fourth-order valence-corrected chi connectivity index (χ4v) is 4.82. The number of benzene rings is 2. The summed E-state index contributed by atoms with van der Waals surface area (Å²) in [6.07, 6.45) is 0.